The van der Waals surface area contributed by atoms with Crippen molar-refractivity contribution in [3.63, 3.8) is 0 Å². The van der Waals surface area contributed by atoms with Crippen LogP contribution in [0.3, 0.4) is 0 Å². The number of benzene rings is 3. The average molecular weight is 700 g/mol. The van der Waals surface area contributed by atoms with Gasteiger partial charge in [-0.05, 0) is 74.4 Å². The van der Waals surface area contributed by atoms with E-state index in [1.165, 1.54) is 22.0 Å². The predicted molar refractivity (Wildman–Crippen MR) is 180 cm³/mol. The van der Waals surface area contributed by atoms with E-state index in [4.69, 9.17) is 14.1 Å². The van der Waals surface area contributed by atoms with Crippen molar-refractivity contribution in [1.29, 1.82) is 0 Å². The first-order valence-corrected chi connectivity index (χ1v) is 15.7. The zero-order valence-electron chi connectivity index (χ0n) is 25.2. The minimum atomic E-state index is -0.771. The molecule has 0 fully saturated rings. The van der Waals surface area contributed by atoms with Crippen LogP contribution in [0.4, 0.5) is 11.4 Å². The first-order chi connectivity index (χ1) is 22.0. The van der Waals surface area contributed by atoms with Gasteiger partial charge in [-0.15, -0.1) is 0 Å². The van der Waals surface area contributed by atoms with Crippen LogP contribution in [-0.2, 0) is 4.79 Å². The molecule has 1 aliphatic rings. The SMILES string of the molecule is COc1ccc([C@@H]2C(C(=O)Nc3ccc(C)cc3C)=C(C)N=c3s/c(=C\c4ccc(-c5ccc(Br)cc5[N+](=O)[O-])o4)c(=O)n32)cc1. The number of furan rings is 1. The number of nitrogens with one attached hydrogen (secondary N) is 1. The third-order valence-corrected chi connectivity index (χ3v) is 9.13. The lowest BCUT2D eigenvalue weighted by Crippen LogP contribution is -2.40. The molecule has 12 heteroatoms. The van der Waals surface area contributed by atoms with Crippen molar-refractivity contribution in [3.05, 3.63) is 141 Å². The quantitative estimate of drug-likeness (QED) is 0.154. The van der Waals surface area contributed by atoms with Crippen LogP contribution in [0, 0.1) is 24.0 Å². The van der Waals surface area contributed by atoms with Crippen LogP contribution < -0.4 is 24.9 Å². The topological polar surface area (TPSA) is 129 Å². The molecule has 232 valence electrons. The summed E-state index contributed by atoms with van der Waals surface area (Å²) in [7, 11) is 1.57. The normalized spacial score (nSPS) is 14.5. The van der Waals surface area contributed by atoms with E-state index >= 15 is 0 Å². The van der Waals surface area contributed by atoms with Crippen molar-refractivity contribution in [3.8, 4) is 17.1 Å². The summed E-state index contributed by atoms with van der Waals surface area (Å²) in [5.74, 6) is 0.894. The van der Waals surface area contributed by atoms with E-state index in [0.29, 0.717) is 53.4 Å². The molecule has 3 heterocycles. The molecule has 0 spiro atoms. The lowest BCUT2D eigenvalue weighted by atomic mass is 9.95. The van der Waals surface area contributed by atoms with Gasteiger partial charge < -0.3 is 14.5 Å². The van der Waals surface area contributed by atoms with Gasteiger partial charge in [0.05, 0.1) is 39.4 Å². The fraction of sp³-hybridized carbons (Fsp3) is 0.147. The van der Waals surface area contributed by atoms with Crippen molar-refractivity contribution < 1.29 is 18.9 Å². The second kappa shape index (κ2) is 12.4. The smallest absolute Gasteiger partial charge is 0.281 e. The molecule has 0 saturated carbocycles. The zero-order chi connectivity index (χ0) is 32.7. The van der Waals surface area contributed by atoms with Crippen LogP contribution in [-0.4, -0.2) is 22.5 Å². The fourth-order valence-corrected chi connectivity index (χ4v) is 6.80. The summed E-state index contributed by atoms with van der Waals surface area (Å²) < 4.78 is 13.7. The van der Waals surface area contributed by atoms with Gasteiger partial charge in [-0.2, -0.15) is 0 Å². The van der Waals surface area contributed by atoms with Crippen LogP contribution >= 0.6 is 27.3 Å². The van der Waals surface area contributed by atoms with E-state index in [9.17, 15) is 19.7 Å². The number of hydrogen-bond donors (Lipinski definition) is 1. The standard InChI is InChI=1S/C34H27BrN4O6S/c1-18-5-13-26(19(2)15-18)37-32(40)30-20(3)36-34-38(31(30)21-6-9-23(44-4)10-7-21)33(41)29(46-34)17-24-11-14-28(45-24)25-12-8-22(35)16-27(25)39(42)43/h5-17,31H,1-4H3,(H,37,40)/b29-17-/t31-/m1/s1. The number of allylic oxidation sites excluding steroid dienone is 1. The number of ether oxygens (including phenoxy) is 1. The van der Waals surface area contributed by atoms with Gasteiger partial charge in [-0.1, -0.05) is 57.1 Å². The Balaban J connectivity index is 1.45. The lowest BCUT2D eigenvalue weighted by molar-refractivity contribution is -0.384. The minimum absolute atomic E-state index is 0.115. The maximum absolute atomic E-state index is 14.1. The number of anilines is 1. The maximum Gasteiger partial charge on any atom is 0.281 e. The first kappa shape index (κ1) is 30.9. The van der Waals surface area contributed by atoms with E-state index in [1.54, 1.807) is 56.5 Å². The summed E-state index contributed by atoms with van der Waals surface area (Å²) in [5, 5.41) is 14.7. The van der Waals surface area contributed by atoms with E-state index in [1.807, 2.05) is 44.2 Å². The van der Waals surface area contributed by atoms with Crippen LogP contribution in [0.25, 0.3) is 17.4 Å². The number of fused-ring (bicyclic) bond motifs is 1. The van der Waals surface area contributed by atoms with Crippen LogP contribution in [0.5, 0.6) is 5.75 Å². The molecule has 1 amide bonds. The van der Waals surface area contributed by atoms with Gasteiger partial charge in [0.1, 0.15) is 17.3 Å². The van der Waals surface area contributed by atoms with Crippen molar-refractivity contribution >= 4 is 50.6 Å². The van der Waals surface area contributed by atoms with E-state index in [0.717, 1.165) is 11.1 Å². The number of carbonyl (C=O) groups is 1. The molecule has 2 aromatic heterocycles. The number of aryl methyl sites for hydroxylation is 2. The van der Waals surface area contributed by atoms with Gasteiger partial charge in [0.15, 0.2) is 4.80 Å². The number of hydrogen-bond acceptors (Lipinski definition) is 8. The number of halogens is 1. The Hall–Kier alpha value is -5.07. The molecule has 10 nitrogen and oxygen atoms in total. The number of nitro benzene ring substituents is 1. The molecule has 1 N–H and O–H groups in total. The van der Waals surface area contributed by atoms with Crippen molar-refractivity contribution in [2.24, 2.45) is 4.99 Å². The minimum Gasteiger partial charge on any atom is -0.497 e. The number of rotatable bonds is 7. The van der Waals surface area contributed by atoms with Gasteiger partial charge in [0.25, 0.3) is 17.2 Å². The van der Waals surface area contributed by atoms with Gasteiger partial charge >= 0.3 is 0 Å². The number of carbonyl (C=O) groups excluding carboxylic acids is 1. The summed E-state index contributed by atoms with van der Waals surface area (Å²) in [5.41, 5.74) is 4.02. The summed E-state index contributed by atoms with van der Waals surface area (Å²) in [6.07, 6.45) is 1.58. The number of amides is 1. The predicted octanol–water partition coefficient (Wildman–Crippen LogP) is 6.43. The Labute approximate surface area is 275 Å². The molecule has 46 heavy (non-hydrogen) atoms. The average Bonchev–Trinajstić information content (AvgIpc) is 3.61. The second-order valence-corrected chi connectivity index (χ2v) is 12.7. The molecule has 0 radical (unpaired) electrons. The molecule has 1 atom stereocenters. The van der Waals surface area contributed by atoms with E-state index in [2.05, 4.69) is 21.2 Å². The van der Waals surface area contributed by atoms with Crippen LogP contribution in [0.2, 0.25) is 0 Å². The Morgan fingerprint density at radius 1 is 1.09 bits per heavy atom. The van der Waals surface area contributed by atoms with Crippen molar-refractivity contribution in [1.82, 2.24) is 4.57 Å². The monoisotopic (exact) mass is 698 g/mol. The second-order valence-electron chi connectivity index (χ2n) is 10.7. The largest absolute Gasteiger partial charge is 0.497 e. The maximum atomic E-state index is 14.1. The number of nitro groups is 1. The highest BCUT2D eigenvalue weighted by Crippen LogP contribution is 2.34. The molecular formula is C34H27BrN4O6S. The Morgan fingerprint density at radius 3 is 2.54 bits per heavy atom. The Kier molecular flexibility index (Phi) is 8.32. The van der Waals surface area contributed by atoms with E-state index in [-0.39, 0.29) is 22.9 Å². The molecule has 0 bridgehead atoms. The molecule has 6 rings (SSSR count). The molecule has 0 unspecified atom stereocenters. The van der Waals surface area contributed by atoms with E-state index < -0.39 is 11.0 Å². The first-order valence-electron chi connectivity index (χ1n) is 14.1. The Bertz CT molecular complexity index is 2250. The highest BCUT2D eigenvalue weighted by Gasteiger charge is 2.33. The highest BCUT2D eigenvalue weighted by molar-refractivity contribution is 9.10. The van der Waals surface area contributed by atoms with Crippen molar-refractivity contribution in [2.45, 2.75) is 26.8 Å². The fourth-order valence-electron chi connectivity index (χ4n) is 5.43. The third kappa shape index (κ3) is 5.84. The number of nitrogens with zero attached hydrogens (tertiary/aromatic N) is 3. The van der Waals surface area contributed by atoms with Gasteiger partial charge in [-0.25, -0.2) is 4.99 Å². The molecule has 0 saturated heterocycles. The molecule has 0 aliphatic carbocycles. The number of aromatic nitrogens is 1. The zero-order valence-corrected chi connectivity index (χ0v) is 27.6. The highest BCUT2D eigenvalue weighted by atomic mass is 79.9. The van der Waals surface area contributed by atoms with Crippen molar-refractivity contribution in [2.75, 3.05) is 12.4 Å². The summed E-state index contributed by atoms with van der Waals surface area (Å²) in [6.45, 7) is 5.67. The Morgan fingerprint density at radius 2 is 1.85 bits per heavy atom. The summed E-state index contributed by atoms with van der Waals surface area (Å²) in [6, 6.07) is 20.2. The number of methoxy groups -OCH3 is 1. The summed E-state index contributed by atoms with van der Waals surface area (Å²) >= 11 is 4.44. The summed E-state index contributed by atoms with van der Waals surface area (Å²) in [4.78, 5) is 44.3. The van der Waals surface area contributed by atoms with Gasteiger partial charge in [0, 0.05) is 22.3 Å². The molecule has 3 aromatic carbocycles. The third-order valence-electron chi connectivity index (χ3n) is 7.65. The molecular weight excluding hydrogens is 672 g/mol. The van der Waals surface area contributed by atoms with Crippen LogP contribution in [0.1, 0.15) is 35.4 Å². The van der Waals surface area contributed by atoms with Gasteiger partial charge in [0.2, 0.25) is 0 Å². The molecule has 5 aromatic rings. The number of thiazole rings is 1. The van der Waals surface area contributed by atoms with Crippen LogP contribution in [0.15, 0.2) is 103 Å². The molecule has 1 aliphatic heterocycles. The van der Waals surface area contributed by atoms with Gasteiger partial charge in [-0.3, -0.25) is 24.3 Å². The lowest BCUT2D eigenvalue weighted by Gasteiger charge is -2.25.